The van der Waals surface area contributed by atoms with E-state index in [1.165, 1.54) is 0 Å². The van der Waals surface area contributed by atoms with Gasteiger partial charge in [0.2, 0.25) is 0 Å². The molecule has 2 rings (SSSR count). The van der Waals surface area contributed by atoms with E-state index >= 15 is 0 Å². The molecule has 0 spiro atoms. The molecular weight excluding hydrogens is 233 g/mol. The van der Waals surface area contributed by atoms with Gasteiger partial charge in [0.25, 0.3) is 0 Å². The first-order valence-corrected chi connectivity index (χ1v) is 5.60. The molecule has 1 N–H and O–H groups in total. The highest BCUT2D eigenvalue weighted by Gasteiger charge is 2.24. The summed E-state index contributed by atoms with van der Waals surface area (Å²) in [5, 5.41) is 4.25. The highest BCUT2D eigenvalue weighted by Crippen LogP contribution is 2.22. The van der Waals surface area contributed by atoms with Crippen molar-refractivity contribution in [1.82, 2.24) is 5.32 Å². The Bertz CT molecular complexity index is 388. The first kappa shape index (κ1) is 10.9. The van der Waals surface area contributed by atoms with Gasteiger partial charge in [-0.1, -0.05) is 29.3 Å². The molecule has 4 heteroatoms. The van der Waals surface area contributed by atoms with E-state index in [1.807, 2.05) is 6.07 Å². The maximum absolute atomic E-state index is 11.7. The molecule has 0 radical (unpaired) electrons. The summed E-state index contributed by atoms with van der Waals surface area (Å²) in [7, 11) is 0. The summed E-state index contributed by atoms with van der Waals surface area (Å²) in [4.78, 5) is 11.7. The lowest BCUT2D eigenvalue weighted by Gasteiger charge is -2.25. The van der Waals surface area contributed by atoms with Crippen LogP contribution in [-0.4, -0.2) is 18.9 Å². The largest absolute Gasteiger partial charge is 0.315 e. The molecule has 1 fully saturated rings. The van der Waals surface area contributed by atoms with E-state index in [2.05, 4.69) is 5.32 Å². The molecule has 0 aromatic heterocycles. The smallest absolute Gasteiger partial charge is 0.142 e. The highest BCUT2D eigenvalue weighted by molar-refractivity contribution is 6.35. The minimum Gasteiger partial charge on any atom is -0.315 e. The fourth-order valence-electron chi connectivity index (χ4n) is 1.51. The second-order valence-electron chi connectivity index (χ2n) is 3.73. The van der Waals surface area contributed by atoms with Crippen molar-refractivity contribution in [3.8, 4) is 0 Å². The fourth-order valence-corrected chi connectivity index (χ4v) is 1.99. The van der Waals surface area contributed by atoms with Gasteiger partial charge >= 0.3 is 0 Å². The summed E-state index contributed by atoms with van der Waals surface area (Å²) < 4.78 is 0. The van der Waals surface area contributed by atoms with Crippen LogP contribution in [0.25, 0.3) is 0 Å². The second-order valence-corrected chi connectivity index (χ2v) is 4.58. The summed E-state index contributed by atoms with van der Waals surface area (Å²) in [6.45, 7) is 1.59. The van der Waals surface area contributed by atoms with E-state index in [9.17, 15) is 4.79 Å². The zero-order valence-corrected chi connectivity index (χ0v) is 9.61. The molecule has 15 heavy (non-hydrogen) atoms. The Labute approximate surface area is 98.6 Å². The minimum atomic E-state index is 0.164. The lowest BCUT2D eigenvalue weighted by molar-refractivity contribution is -0.123. The highest BCUT2D eigenvalue weighted by atomic mass is 35.5. The van der Waals surface area contributed by atoms with Crippen LogP contribution in [0.4, 0.5) is 0 Å². The Balaban J connectivity index is 2.06. The Hall–Kier alpha value is -0.570. The zero-order valence-electron chi connectivity index (χ0n) is 8.09. The Morgan fingerprint density at radius 1 is 1.40 bits per heavy atom. The van der Waals surface area contributed by atoms with Crippen LogP contribution < -0.4 is 5.32 Å². The van der Waals surface area contributed by atoms with E-state index < -0.39 is 0 Å². The third-order valence-electron chi connectivity index (χ3n) is 2.62. The van der Waals surface area contributed by atoms with Gasteiger partial charge in [0.05, 0.1) is 0 Å². The van der Waals surface area contributed by atoms with Gasteiger partial charge < -0.3 is 5.32 Å². The van der Waals surface area contributed by atoms with Gasteiger partial charge in [-0.15, -0.1) is 0 Å². The number of hydrogen-bond donors (Lipinski definition) is 1. The third-order valence-corrected chi connectivity index (χ3v) is 3.20. The molecule has 1 heterocycles. The predicted molar refractivity (Wildman–Crippen MR) is 61.5 cm³/mol. The van der Waals surface area contributed by atoms with Crippen molar-refractivity contribution in [1.29, 1.82) is 0 Å². The molecule has 1 aliphatic heterocycles. The quantitative estimate of drug-likeness (QED) is 0.884. The summed E-state index contributed by atoms with van der Waals surface area (Å²) in [5.74, 6) is 0.412. The van der Waals surface area contributed by atoms with Gasteiger partial charge in [0.15, 0.2) is 0 Å². The molecule has 1 aliphatic rings. The van der Waals surface area contributed by atoms with Crippen molar-refractivity contribution in [2.45, 2.75) is 6.42 Å². The van der Waals surface area contributed by atoms with E-state index in [1.54, 1.807) is 12.1 Å². The topological polar surface area (TPSA) is 29.1 Å². The van der Waals surface area contributed by atoms with Gasteiger partial charge in [-0.05, 0) is 17.7 Å². The van der Waals surface area contributed by atoms with Crippen LogP contribution in [0.5, 0.6) is 0 Å². The average molecular weight is 244 g/mol. The average Bonchev–Trinajstić information content (AvgIpc) is 2.07. The summed E-state index contributed by atoms with van der Waals surface area (Å²) >= 11 is 11.8. The van der Waals surface area contributed by atoms with Crippen molar-refractivity contribution in [3.63, 3.8) is 0 Å². The van der Waals surface area contributed by atoms with Crippen LogP contribution in [0.1, 0.15) is 5.56 Å². The maximum Gasteiger partial charge on any atom is 0.142 e. The molecule has 0 atom stereocenters. The second kappa shape index (κ2) is 4.52. The van der Waals surface area contributed by atoms with Crippen LogP contribution in [0.15, 0.2) is 18.2 Å². The van der Waals surface area contributed by atoms with Crippen molar-refractivity contribution in [3.05, 3.63) is 33.8 Å². The maximum atomic E-state index is 11.7. The Morgan fingerprint density at radius 2 is 2.13 bits per heavy atom. The fraction of sp³-hybridized carbons (Fsp3) is 0.364. The molecule has 0 amide bonds. The summed E-state index contributed by atoms with van der Waals surface area (Å²) in [6.07, 6.45) is 0.405. The first-order valence-electron chi connectivity index (χ1n) is 4.84. The molecule has 1 aromatic carbocycles. The van der Waals surface area contributed by atoms with Crippen molar-refractivity contribution in [2.24, 2.45) is 5.92 Å². The lowest BCUT2D eigenvalue weighted by Crippen LogP contribution is -2.47. The van der Waals surface area contributed by atoms with Gasteiger partial charge in [0, 0.05) is 35.5 Å². The van der Waals surface area contributed by atoms with E-state index in [4.69, 9.17) is 23.2 Å². The molecule has 1 saturated heterocycles. The Morgan fingerprint density at radius 3 is 2.67 bits per heavy atom. The van der Waals surface area contributed by atoms with Gasteiger partial charge in [-0.3, -0.25) is 4.79 Å². The number of nitrogens with one attached hydrogen (secondary N) is 1. The number of rotatable bonds is 3. The Kier molecular flexibility index (Phi) is 3.29. The number of Topliss-reactive ketones (excluding diaryl/α,β-unsaturated/α-hetero) is 1. The number of benzene rings is 1. The normalized spacial score (nSPS) is 16.1. The summed E-state index contributed by atoms with van der Waals surface area (Å²) in [6, 6.07) is 5.24. The number of ketones is 1. The van der Waals surface area contributed by atoms with Crippen LogP contribution in [0.3, 0.4) is 0 Å². The number of carbonyl (C=O) groups is 1. The van der Waals surface area contributed by atoms with E-state index in [0.717, 1.165) is 18.7 Å². The van der Waals surface area contributed by atoms with Gasteiger partial charge in [0.1, 0.15) is 5.78 Å². The standard InChI is InChI=1S/C11H11Cl2NO/c12-9-2-1-7(10(13)4-9)3-11(15)8-5-14-6-8/h1-2,4,8,14H,3,5-6H2. The van der Waals surface area contributed by atoms with Gasteiger partial charge in [-0.2, -0.15) is 0 Å². The van der Waals surface area contributed by atoms with Crippen LogP contribution in [0.2, 0.25) is 10.0 Å². The van der Waals surface area contributed by atoms with E-state index in [0.29, 0.717) is 16.5 Å². The molecular formula is C11H11Cl2NO. The monoisotopic (exact) mass is 243 g/mol. The molecule has 2 nitrogen and oxygen atoms in total. The molecule has 0 saturated carbocycles. The summed E-state index contributed by atoms with van der Waals surface area (Å²) in [5.41, 5.74) is 0.859. The van der Waals surface area contributed by atoms with Crippen LogP contribution in [-0.2, 0) is 11.2 Å². The van der Waals surface area contributed by atoms with Gasteiger partial charge in [-0.25, -0.2) is 0 Å². The van der Waals surface area contributed by atoms with Crippen LogP contribution >= 0.6 is 23.2 Å². The van der Waals surface area contributed by atoms with Crippen molar-refractivity contribution < 1.29 is 4.79 Å². The molecule has 1 aromatic rings. The zero-order chi connectivity index (χ0) is 10.8. The molecule has 0 bridgehead atoms. The van der Waals surface area contributed by atoms with Crippen molar-refractivity contribution in [2.75, 3.05) is 13.1 Å². The molecule has 0 unspecified atom stereocenters. The van der Waals surface area contributed by atoms with E-state index in [-0.39, 0.29) is 11.7 Å². The minimum absolute atomic E-state index is 0.164. The lowest BCUT2D eigenvalue weighted by atomic mass is 9.93. The van der Waals surface area contributed by atoms with Crippen molar-refractivity contribution >= 4 is 29.0 Å². The van der Waals surface area contributed by atoms with Crippen LogP contribution in [0, 0.1) is 5.92 Å². The molecule has 0 aliphatic carbocycles. The third kappa shape index (κ3) is 2.51. The molecule has 80 valence electrons. The SMILES string of the molecule is O=C(Cc1ccc(Cl)cc1Cl)C1CNC1. The number of carbonyl (C=O) groups excluding carboxylic acids is 1. The first-order chi connectivity index (χ1) is 7.16. The number of halogens is 2. The predicted octanol–water partition coefficient (Wildman–Crippen LogP) is 2.32. The number of hydrogen-bond acceptors (Lipinski definition) is 2.